The van der Waals surface area contributed by atoms with Crippen LogP contribution in [-0.4, -0.2) is 80.0 Å². The normalized spacial score (nSPS) is 26.4. The van der Waals surface area contributed by atoms with E-state index >= 15 is 4.39 Å². The number of aromatic nitrogens is 3. The van der Waals surface area contributed by atoms with Crippen molar-refractivity contribution in [1.82, 2.24) is 19.9 Å². The van der Waals surface area contributed by atoms with Crippen molar-refractivity contribution in [3.63, 3.8) is 0 Å². The number of benzene rings is 2. The number of aromatic hydroxyl groups is 1. The average molecular weight is 618 g/mol. The second-order valence-corrected chi connectivity index (χ2v) is 14.0. The van der Waals surface area contributed by atoms with Crippen LogP contribution in [0, 0.1) is 24.0 Å². The molecule has 4 saturated heterocycles. The summed E-state index contributed by atoms with van der Waals surface area (Å²) in [6.07, 6.45) is 10.7. The average Bonchev–Trinajstić information content (AvgIpc) is 3.66. The smallest absolute Gasteiger partial charge is 0.319 e. The number of thioether (sulfide) groups is 1. The van der Waals surface area contributed by atoms with Gasteiger partial charge in [-0.2, -0.15) is 21.7 Å². The molecule has 2 unspecified atom stereocenters. The van der Waals surface area contributed by atoms with Crippen molar-refractivity contribution in [2.24, 2.45) is 0 Å². The quantitative estimate of drug-likeness (QED) is 0.280. The number of alkyl halides is 1. The molecule has 0 spiro atoms. The van der Waals surface area contributed by atoms with Crippen molar-refractivity contribution in [1.29, 1.82) is 0 Å². The number of anilines is 1. The summed E-state index contributed by atoms with van der Waals surface area (Å²) in [6.45, 7) is 2.95. The third-order valence-electron chi connectivity index (χ3n) is 9.67. The highest BCUT2D eigenvalue weighted by molar-refractivity contribution is 8.00. The second-order valence-electron chi connectivity index (χ2n) is 12.4. The zero-order chi connectivity index (χ0) is 30.2. The number of hydrogen-bond acceptors (Lipinski definition) is 8. The Balaban J connectivity index is 1.28. The number of ether oxygens (including phenoxy) is 1. The number of rotatable bonds is 5. The molecule has 8 rings (SSSR count). The van der Waals surface area contributed by atoms with E-state index in [-0.39, 0.29) is 46.1 Å². The molecule has 44 heavy (non-hydrogen) atoms. The number of nitrogens with zero attached hydrogens (tertiary/aromatic N) is 5. The minimum atomic E-state index is -0.908. The van der Waals surface area contributed by atoms with Crippen LogP contribution in [0.25, 0.3) is 32.9 Å². The number of hydrogen-bond donors (Lipinski definition) is 1. The first-order chi connectivity index (χ1) is 21.3. The van der Waals surface area contributed by atoms with E-state index in [0.29, 0.717) is 40.1 Å². The molecule has 4 aromatic rings. The van der Waals surface area contributed by atoms with E-state index in [2.05, 4.69) is 25.7 Å². The third-order valence-corrected chi connectivity index (χ3v) is 11.2. The molecule has 0 aliphatic carbocycles. The summed E-state index contributed by atoms with van der Waals surface area (Å²) in [7, 11) is 0. The van der Waals surface area contributed by atoms with Gasteiger partial charge in [-0.1, -0.05) is 12.0 Å². The van der Waals surface area contributed by atoms with Gasteiger partial charge in [0.05, 0.1) is 16.5 Å². The number of halogens is 3. The van der Waals surface area contributed by atoms with Crippen LogP contribution in [0.3, 0.4) is 0 Å². The SMILES string of the molecule is C#Cc1c(F)ccc2cc(O)cc(-c3ncc4c(N5CC6CCC(C5)S6)nc(OC[C@@]56CCCN5C[C@H](F)C6)nc4c3F)c12. The summed E-state index contributed by atoms with van der Waals surface area (Å²) in [4.78, 5) is 18.2. The van der Waals surface area contributed by atoms with Gasteiger partial charge in [0.15, 0.2) is 5.82 Å². The molecule has 226 valence electrons. The molecule has 11 heteroatoms. The number of terminal acetylenes is 1. The zero-order valence-corrected chi connectivity index (χ0v) is 24.7. The Labute approximate surface area is 256 Å². The van der Waals surface area contributed by atoms with Crippen LogP contribution < -0.4 is 9.64 Å². The fraction of sp³-hybridized carbons (Fsp3) is 0.424. The van der Waals surface area contributed by atoms with Crippen LogP contribution in [0.15, 0.2) is 30.5 Å². The Hall–Kier alpha value is -3.75. The largest absolute Gasteiger partial charge is 0.508 e. The van der Waals surface area contributed by atoms with Gasteiger partial charge in [-0.15, -0.1) is 6.42 Å². The zero-order valence-electron chi connectivity index (χ0n) is 23.9. The molecule has 0 amide bonds. The van der Waals surface area contributed by atoms with Crippen molar-refractivity contribution in [2.75, 3.05) is 37.7 Å². The van der Waals surface area contributed by atoms with Crippen molar-refractivity contribution in [3.05, 3.63) is 47.7 Å². The van der Waals surface area contributed by atoms with Crippen LogP contribution in [0.5, 0.6) is 11.8 Å². The fourth-order valence-corrected chi connectivity index (χ4v) is 9.32. The predicted octanol–water partition coefficient (Wildman–Crippen LogP) is 5.85. The molecule has 4 aliphatic heterocycles. The van der Waals surface area contributed by atoms with E-state index in [4.69, 9.17) is 16.1 Å². The molecule has 7 nitrogen and oxygen atoms in total. The van der Waals surface area contributed by atoms with Crippen LogP contribution in [0.1, 0.15) is 37.7 Å². The summed E-state index contributed by atoms with van der Waals surface area (Å²) in [5, 5.41) is 12.6. The summed E-state index contributed by atoms with van der Waals surface area (Å²) < 4.78 is 52.2. The van der Waals surface area contributed by atoms with Crippen molar-refractivity contribution >= 4 is 39.3 Å². The Morgan fingerprint density at radius 1 is 1.14 bits per heavy atom. The lowest BCUT2D eigenvalue weighted by molar-refractivity contribution is 0.107. The Morgan fingerprint density at radius 3 is 2.75 bits per heavy atom. The summed E-state index contributed by atoms with van der Waals surface area (Å²) >= 11 is 1.99. The lowest BCUT2D eigenvalue weighted by Crippen LogP contribution is -2.43. The van der Waals surface area contributed by atoms with Crippen LogP contribution >= 0.6 is 11.8 Å². The maximum Gasteiger partial charge on any atom is 0.319 e. The lowest BCUT2D eigenvalue weighted by atomic mass is 9.95. The number of phenolic OH excluding ortho intramolecular Hbond substituents is 1. The molecular formula is C33H30F3N5O2S. The van der Waals surface area contributed by atoms with E-state index in [1.807, 2.05) is 11.8 Å². The molecule has 4 aliphatic rings. The number of pyridine rings is 1. The number of phenols is 1. The fourth-order valence-electron chi connectivity index (χ4n) is 7.70. The Bertz CT molecular complexity index is 1860. The second kappa shape index (κ2) is 10.4. The minimum Gasteiger partial charge on any atom is -0.508 e. The maximum atomic E-state index is 16.7. The molecular weight excluding hydrogens is 587 g/mol. The van der Waals surface area contributed by atoms with E-state index < -0.39 is 23.3 Å². The van der Waals surface area contributed by atoms with Gasteiger partial charge in [0.1, 0.15) is 41.4 Å². The summed E-state index contributed by atoms with van der Waals surface area (Å²) in [6, 6.07) is 5.51. The molecule has 0 radical (unpaired) electrons. The molecule has 1 N–H and O–H groups in total. The van der Waals surface area contributed by atoms with Crippen molar-refractivity contribution < 1.29 is 23.0 Å². The van der Waals surface area contributed by atoms with Crippen LogP contribution in [0.4, 0.5) is 19.0 Å². The molecule has 2 aromatic heterocycles. The van der Waals surface area contributed by atoms with Gasteiger partial charge in [0.2, 0.25) is 0 Å². The van der Waals surface area contributed by atoms with Crippen molar-refractivity contribution in [3.8, 4) is 35.4 Å². The third kappa shape index (κ3) is 4.45. The summed E-state index contributed by atoms with van der Waals surface area (Å²) in [5.74, 6) is 1.40. The van der Waals surface area contributed by atoms with Gasteiger partial charge in [0.25, 0.3) is 0 Å². The van der Waals surface area contributed by atoms with Gasteiger partial charge in [-0.05, 0) is 55.8 Å². The molecule has 2 bridgehead atoms. The predicted molar refractivity (Wildman–Crippen MR) is 165 cm³/mol. The highest BCUT2D eigenvalue weighted by Gasteiger charge is 2.49. The monoisotopic (exact) mass is 617 g/mol. The van der Waals surface area contributed by atoms with Gasteiger partial charge in [-0.25, -0.2) is 13.2 Å². The highest BCUT2D eigenvalue weighted by atomic mass is 32.2. The van der Waals surface area contributed by atoms with Gasteiger partial charge in [-0.3, -0.25) is 9.88 Å². The van der Waals surface area contributed by atoms with E-state index in [0.717, 1.165) is 45.3 Å². The highest BCUT2D eigenvalue weighted by Crippen LogP contribution is 2.44. The summed E-state index contributed by atoms with van der Waals surface area (Å²) in [5.41, 5.74) is -0.428. The van der Waals surface area contributed by atoms with Crippen molar-refractivity contribution in [2.45, 2.75) is 54.3 Å². The van der Waals surface area contributed by atoms with Gasteiger partial charge >= 0.3 is 6.01 Å². The Kier molecular flexibility index (Phi) is 6.58. The first kappa shape index (κ1) is 27.8. The standard InChI is InChI=1S/C33H30F3N5O2S/c1-2-23-26(35)7-4-18-10-20(42)11-24(27(18)23)29-28(36)30-25(13-37-29)31(40-15-21-5-6-22(16-40)44-21)39-32(38-30)43-17-33-8-3-9-41(33)14-19(34)12-33/h1,4,7,10-11,13,19,21-22,42H,3,5-6,8-9,12,14-17H2/t19-,21?,22?,33+/m1/s1. The Morgan fingerprint density at radius 2 is 1.95 bits per heavy atom. The molecule has 4 atom stereocenters. The van der Waals surface area contributed by atoms with E-state index in [1.165, 1.54) is 30.5 Å². The van der Waals surface area contributed by atoms with E-state index in [1.54, 1.807) is 0 Å². The van der Waals surface area contributed by atoms with Crippen LogP contribution in [-0.2, 0) is 0 Å². The topological polar surface area (TPSA) is 74.6 Å². The maximum absolute atomic E-state index is 16.7. The van der Waals surface area contributed by atoms with Gasteiger partial charge < -0.3 is 14.7 Å². The van der Waals surface area contributed by atoms with Gasteiger partial charge in [0, 0.05) is 53.7 Å². The molecule has 4 fully saturated rings. The first-order valence-corrected chi connectivity index (χ1v) is 16.0. The molecule has 6 heterocycles. The first-order valence-electron chi connectivity index (χ1n) is 15.0. The number of fused-ring (bicyclic) bond motifs is 5. The lowest BCUT2D eigenvalue weighted by Gasteiger charge is -2.33. The molecule has 2 aromatic carbocycles. The molecule has 0 saturated carbocycles. The van der Waals surface area contributed by atoms with Crippen LogP contribution in [0.2, 0.25) is 0 Å². The van der Waals surface area contributed by atoms with E-state index in [9.17, 15) is 13.9 Å². The minimum absolute atomic E-state index is 0.00583.